The standard InChI is InChI=1S/C16H21N3S/c1-2-5-12(6-3-1)15-11-17-16(20-15)18-13-8-10-19-9-4-7-14(13)19/h1-3,5-6,13-15H,4,7-11H2,(H,17,18). The fourth-order valence-corrected chi connectivity index (χ4v) is 4.79. The SMILES string of the molecule is c1ccc(C2CN=C(NC3CCN4CCCC34)S2)cc1. The highest BCUT2D eigenvalue weighted by Gasteiger charge is 2.38. The molecule has 0 aromatic heterocycles. The largest absolute Gasteiger partial charge is 0.361 e. The van der Waals surface area contributed by atoms with E-state index in [0.717, 1.165) is 17.8 Å². The van der Waals surface area contributed by atoms with Gasteiger partial charge in [0.15, 0.2) is 5.17 Å². The zero-order valence-electron chi connectivity index (χ0n) is 11.7. The minimum atomic E-state index is 0.500. The van der Waals surface area contributed by atoms with E-state index in [1.807, 2.05) is 11.8 Å². The molecule has 20 heavy (non-hydrogen) atoms. The lowest BCUT2D eigenvalue weighted by atomic mass is 10.1. The highest BCUT2D eigenvalue weighted by atomic mass is 32.2. The zero-order chi connectivity index (χ0) is 13.4. The molecule has 0 amide bonds. The van der Waals surface area contributed by atoms with Gasteiger partial charge in [0.25, 0.3) is 0 Å². The summed E-state index contributed by atoms with van der Waals surface area (Å²) in [5.74, 6) is 0. The van der Waals surface area contributed by atoms with Crippen LogP contribution in [0.1, 0.15) is 30.1 Å². The first-order valence-electron chi connectivity index (χ1n) is 7.67. The van der Waals surface area contributed by atoms with Crippen molar-refractivity contribution in [2.75, 3.05) is 19.6 Å². The average molecular weight is 287 g/mol. The van der Waals surface area contributed by atoms with Crippen LogP contribution in [0.15, 0.2) is 35.3 Å². The van der Waals surface area contributed by atoms with Crippen LogP contribution in [0.3, 0.4) is 0 Å². The number of nitrogens with zero attached hydrogens (tertiary/aromatic N) is 2. The number of thioether (sulfide) groups is 1. The maximum absolute atomic E-state index is 4.72. The summed E-state index contributed by atoms with van der Waals surface area (Å²) in [6.07, 6.45) is 4.01. The summed E-state index contributed by atoms with van der Waals surface area (Å²) in [4.78, 5) is 7.37. The summed E-state index contributed by atoms with van der Waals surface area (Å²) in [6, 6.07) is 12.1. The molecule has 3 aliphatic heterocycles. The molecule has 1 aromatic rings. The Morgan fingerprint density at radius 2 is 2.05 bits per heavy atom. The first-order valence-corrected chi connectivity index (χ1v) is 8.55. The van der Waals surface area contributed by atoms with Gasteiger partial charge in [-0.2, -0.15) is 0 Å². The summed E-state index contributed by atoms with van der Waals surface area (Å²) in [5.41, 5.74) is 1.40. The Hall–Kier alpha value is -1.00. The quantitative estimate of drug-likeness (QED) is 0.906. The summed E-state index contributed by atoms with van der Waals surface area (Å²) in [7, 11) is 0. The van der Waals surface area contributed by atoms with Crippen molar-refractivity contribution in [2.24, 2.45) is 4.99 Å². The van der Waals surface area contributed by atoms with E-state index in [0.29, 0.717) is 11.3 Å². The lowest BCUT2D eigenvalue weighted by molar-refractivity contribution is 0.308. The van der Waals surface area contributed by atoms with Gasteiger partial charge in [0.05, 0.1) is 11.8 Å². The Morgan fingerprint density at radius 3 is 2.95 bits per heavy atom. The molecule has 4 heteroatoms. The van der Waals surface area contributed by atoms with Gasteiger partial charge in [0, 0.05) is 18.6 Å². The zero-order valence-corrected chi connectivity index (χ0v) is 12.5. The predicted octanol–water partition coefficient (Wildman–Crippen LogP) is 2.66. The molecular weight excluding hydrogens is 266 g/mol. The Labute approximate surface area is 124 Å². The lowest BCUT2D eigenvalue weighted by Gasteiger charge is -2.22. The summed E-state index contributed by atoms with van der Waals surface area (Å²) in [5, 5.41) is 5.38. The number of rotatable bonds is 2. The van der Waals surface area contributed by atoms with Crippen LogP contribution >= 0.6 is 11.8 Å². The van der Waals surface area contributed by atoms with Crippen LogP contribution in [-0.2, 0) is 0 Å². The number of fused-ring (bicyclic) bond motifs is 1. The van der Waals surface area contributed by atoms with E-state index in [1.165, 1.54) is 37.9 Å². The van der Waals surface area contributed by atoms with Gasteiger partial charge in [-0.3, -0.25) is 9.89 Å². The predicted molar refractivity (Wildman–Crippen MR) is 85.2 cm³/mol. The molecule has 3 unspecified atom stereocenters. The Balaban J connectivity index is 1.37. The average Bonchev–Trinajstić information content (AvgIpc) is 3.19. The fourth-order valence-electron chi connectivity index (χ4n) is 3.71. The van der Waals surface area contributed by atoms with E-state index < -0.39 is 0 Å². The highest BCUT2D eigenvalue weighted by molar-refractivity contribution is 8.14. The molecule has 2 fully saturated rings. The molecule has 3 heterocycles. The molecule has 1 N–H and O–H groups in total. The Kier molecular flexibility index (Phi) is 3.44. The van der Waals surface area contributed by atoms with Gasteiger partial charge in [-0.05, 0) is 31.4 Å². The monoisotopic (exact) mass is 287 g/mol. The Morgan fingerprint density at radius 1 is 1.15 bits per heavy atom. The lowest BCUT2D eigenvalue weighted by Crippen LogP contribution is -2.41. The number of amidine groups is 1. The highest BCUT2D eigenvalue weighted by Crippen LogP contribution is 2.35. The van der Waals surface area contributed by atoms with Crippen molar-refractivity contribution >= 4 is 16.9 Å². The fraction of sp³-hybridized carbons (Fsp3) is 0.562. The minimum absolute atomic E-state index is 0.500. The summed E-state index contributed by atoms with van der Waals surface area (Å²) < 4.78 is 0. The third kappa shape index (κ3) is 2.35. The molecule has 2 saturated heterocycles. The third-order valence-corrected chi connectivity index (χ3v) is 5.92. The molecule has 0 spiro atoms. The van der Waals surface area contributed by atoms with Crippen molar-refractivity contribution in [2.45, 2.75) is 36.6 Å². The summed E-state index contributed by atoms with van der Waals surface area (Å²) >= 11 is 1.91. The molecule has 4 rings (SSSR count). The second kappa shape index (κ2) is 5.41. The number of aliphatic imine (C=N–C) groups is 1. The van der Waals surface area contributed by atoms with Gasteiger partial charge >= 0.3 is 0 Å². The molecule has 3 aliphatic rings. The molecule has 3 nitrogen and oxygen atoms in total. The van der Waals surface area contributed by atoms with Gasteiger partial charge < -0.3 is 5.32 Å². The van der Waals surface area contributed by atoms with Crippen molar-refractivity contribution in [1.29, 1.82) is 0 Å². The van der Waals surface area contributed by atoms with Gasteiger partial charge in [-0.25, -0.2) is 0 Å². The smallest absolute Gasteiger partial charge is 0.157 e. The van der Waals surface area contributed by atoms with Crippen molar-refractivity contribution in [3.05, 3.63) is 35.9 Å². The second-order valence-corrected chi connectivity index (χ2v) is 7.14. The van der Waals surface area contributed by atoms with Gasteiger partial charge in [-0.1, -0.05) is 42.1 Å². The molecule has 0 radical (unpaired) electrons. The van der Waals surface area contributed by atoms with Crippen molar-refractivity contribution in [3.63, 3.8) is 0 Å². The normalized spacial score (nSPS) is 33.2. The first-order chi connectivity index (χ1) is 9.90. The van der Waals surface area contributed by atoms with Crippen LogP contribution in [0.2, 0.25) is 0 Å². The first kappa shape index (κ1) is 12.7. The molecule has 0 saturated carbocycles. The van der Waals surface area contributed by atoms with Crippen LogP contribution < -0.4 is 5.32 Å². The molecule has 106 valence electrons. The van der Waals surface area contributed by atoms with E-state index in [4.69, 9.17) is 4.99 Å². The topological polar surface area (TPSA) is 27.6 Å². The van der Waals surface area contributed by atoms with Gasteiger partial charge in [-0.15, -0.1) is 0 Å². The van der Waals surface area contributed by atoms with Crippen LogP contribution in [0.5, 0.6) is 0 Å². The number of hydrogen-bond acceptors (Lipinski definition) is 4. The van der Waals surface area contributed by atoms with Gasteiger partial charge in [0.1, 0.15) is 0 Å². The Bertz CT molecular complexity index is 502. The number of benzene rings is 1. The molecule has 3 atom stereocenters. The van der Waals surface area contributed by atoms with E-state index in [2.05, 4.69) is 40.5 Å². The van der Waals surface area contributed by atoms with Crippen molar-refractivity contribution in [1.82, 2.24) is 10.2 Å². The van der Waals surface area contributed by atoms with Crippen LogP contribution in [0.4, 0.5) is 0 Å². The summed E-state index contributed by atoms with van der Waals surface area (Å²) in [6.45, 7) is 3.48. The van der Waals surface area contributed by atoms with E-state index in [1.54, 1.807) is 0 Å². The maximum atomic E-state index is 4.72. The van der Waals surface area contributed by atoms with Crippen molar-refractivity contribution in [3.8, 4) is 0 Å². The van der Waals surface area contributed by atoms with E-state index >= 15 is 0 Å². The van der Waals surface area contributed by atoms with Crippen LogP contribution in [0, 0.1) is 0 Å². The minimum Gasteiger partial charge on any atom is -0.361 e. The molecule has 0 aliphatic carbocycles. The third-order valence-electron chi connectivity index (χ3n) is 4.74. The van der Waals surface area contributed by atoms with E-state index in [9.17, 15) is 0 Å². The van der Waals surface area contributed by atoms with Crippen molar-refractivity contribution < 1.29 is 0 Å². The molecule has 1 aromatic carbocycles. The van der Waals surface area contributed by atoms with Crippen LogP contribution in [0.25, 0.3) is 0 Å². The number of nitrogens with one attached hydrogen (secondary N) is 1. The number of hydrogen-bond donors (Lipinski definition) is 1. The van der Waals surface area contributed by atoms with Crippen LogP contribution in [-0.4, -0.2) is 41.8 Å². The maximum Gasteiger partial charge on any atom is 0.157 e. The van der Waals surface area contributed by atoms with E-state index in [-0.39, 0.29) is 0 Å². The molecular formula is C16H21N3S. The molecule has 0 bridgehead atoms. The second-order valence-electron chi connectivity index (χ2n) is 5.95. The van der Waals surface area contributed by atoms with Gasteiger partial charge in [0.2, 0.25) is 0 Å².